The van der Waals surface area contributed by atoms with Crippen molar-refractivity contribution in [3.63, 3.8) is 0 Å². The number of sulfone groups is 1. The molecule has 0 amide bonds. The fourth-order valence-electron chi connectivity index (χ4n) is 4.63. The minimum Gasteiger partial charge on any atom is -0.479 e. The minimum absolute atomic E-state index is 0.0860. The lowest BCUT2D eigenvalue weighted by molar-refractivity contribution is 0.0948. The molecule has 0 aromatic carbocycles. The molecule has 4 atom stereocenters. The zero-order valence-electron chi connectivity index (χ0n) is 21.5. The Balaban J connectivity index is 1.80. The van der Waals surface area contributed by atoms with Crippen LogP contribution in [0.4, 0.5) is 0 Å². The highest BCUT2D eigenvalue weighted by atomic mass is 35.5. The Morgan fingerprint density at radius 3 is 2.26 bits per heavy atom. The Bertz CT molecular complexity index is 1330. The fourth-order valence-corrected chi connectivity index (χ4v) is 6.15. The first kappa shape index (κ1) is 28.1. The highest BCUT2D eigenvalue weighted by molar-refractivity contribution is 7.91. The molecule has 3 heterocycles. The largest absolute Gasteiger partial charge is 0.479 e. The highest BCUT2D eigenvalue weighted by Crippen LogP contribution is 2.38. The molecule has 3 aromatic rings. The van der Waals surface area contributed by atoms with Crippen LogP contribution in [0.3, 0.4) is 0 Å². The van der Waals surface area contributed by atoms with E-state index in [-0.39, 0.29) is 35.0 Å². The van der Waals surface area contributed by atoms with E-state index in [1.54, 1.807) is 0 Å². The Hall–Kier alpha value is -2.94. The predicted molar refractivity (Wildman–Crippen MR) is 136 cm³/mol. The average Bonchev–Trinajstić information content (AvgIpc) is 3.31. The zero-order chi connectivity index (χ0) is 27.4. The smallest absolute Gasteiger partial charge is 0.245 e. The molecule has 0 aliphatic heterocycles. The van der Waals surface area contributed by atoms with E-state index in [0.717, 1.165) is 12.8 Å². The van der Waals surface area contributed by atoms with Gasteiger partial charge in [-0.25, -0.2) is 18.4 Å². The second-order valence-corrected chi connectivity index (χ2v) is 11.7. The van der Waals surface area contributed by atoms with Gasteiger partial charge >= 0.3 is 0 Å². The topological polar surface area (TPSA) is 164 Å². The maximum absolute atomic E-state index is 13.7. The van der Waals surface area contributed by atoms with Gasteiger partial charge in [0.2, 0.25) is 11.8 Å². The van der Waals surface area contributed by atoms with Gasteiger partial charge in [-0.3, -0.25) is 4.57 Å². The van der Waals surface area contributed by atoms with Gasteiger partial charge < -0.3 is 19.3 Å². The summed E-state index contributed by atoms with van der Waals surface area (Å²) in [6.45, 7) is 1.51. The summed E-state index contributed by atoms with van der Waals surface area (Å²) in [5.74, 6) is 0.0277. The van der Waals surface area contributed by atoms with Gasteiger partial charge in [0.25, 0.3) is 0 Å². The first-order valence-electron chi connectivity index (χ1n) is 12.0. The monoisotopic (exact) mass is 567 g/mol. The van der Waals surface area contributed by atoms with Crippen LogP contribution in [0, 0.1) is 0 Å². The quantitative estimate of drug-likeness (QED) is 0.380. The van der Waals surface area contributed by atoms with E-state index in [1.807, 2.05) is 0 Å². The van der Waals surface area contributed by atoms with Crippen molar-refractivity contribution in [2.45, 2.75) is 61.7 Å². The van der Waals surface area contributed by atoms with Crippen molar-refractivity contribution < 1.29 is 27.7 Å². The molecule has 38 heavy (non-hydrogen) atoms. The van der Waals surface area contributed by atoms with Gasteiger partial charge in [0.05, 0.1) is 30.6 Å². The van der Waals surface area contributed by atoms with Crippen molar-refractivity contribution in [1.82, 2.24) is 34.7 Å². The number of methoxy groups -OCH3 is 3. The summed E-state index contributed by atoms with van der Waals surface area (Å²) in [6.07, 6.45) is 5.41. The lowest BCUT2D eigenvalue weighted by atomic mass is 9.86. The second kappa shape index (κ2) is 11.8. The molecule has 13 nitrogen and oxygen atoms in total. The molecule has 15 heteroatoms. The van der Waals surface area contributed by atoms with Crippen molar-refractivity contribution in [3.8, 4) is 17.4 Å². The summed E-state index contributed by atoms with van der Waals surface area (Å²) in [7, 11) is 0.314. The number of hydrogen-bond donors (Lipinski definition) is 1. The van der Waals surface area contributed by atoms with E-state index in [1.165, 1.54) is 51.5 Å². The molecule has 1 N–H and O–H groups in total. The number of hydrogen-bond acceptors (Lipinski definition) is 12. The molecule has 0 spiro atoms. The Kier molecular flexibility index (Phi) is 8.75. The van der Waals surface area contributed by atoms with E-state index in [4.69, 9.17) is 25.8 Å². The summed E-state index contributed by atoms with van der Waals surface area (Å²) in [4.78, 5) is 16.6. The Morgan fingerprint density at radius 1 is 1.05 bits per heavy atom. The van der Waals surface area contributed by atoms with E-state index in [9.17, 15) is 13.5 Å². The van der Waals surface area contributed by atoms with Gasteiger partial charge in [-0.05, 0) is 19.8 Å². The SMILES string of the molecule is COc1ncnc(OC)c1-n1c(CS(=O)(=O)[C@@H](C)[C@H](OC)c2ncc(Cl)cn2)nnc1[C@@H]1CCCC[C@@H]1O. The molecular formula is C23H30ClN7O6S. The summed E-state index contributed by atoms with van der Waals surface area (Å²) >= 11 is 5.89. The van der Waals surface area contributed by atoms with Crippen molar-refractivity contribution in [1.29, 1.82) is 0 Å². The third kappa shape index (κ3) is 5.58. The Morgan fingerprint density at radius 2 is 1.68 bits per heavy atom. The molecule has 3 aromatic heterocycles. The van der Waals surface area contributed by atoms with Crippen molar-refractivity contribution in [3.05, 3.63) is 41.2 Å². The Labute approximate surface area is 225 Å². The normalized spacial score (nSPS) is 19.6. The van der Waals surface area contributed by atoms with Crippen molar-refractivity contribution in [2.24, 2.45) is 0 Å². The second-order valence-electron chi connectivity index (χ2n) is 8.94. The van der Waals surface area contributed by atoms with Crippen LogP contribution in [0.2, 0.25) is 5.02 Å². The van der Waals surface area contributed by atoms with Gasteiger partial charge in [-0.1, -0.05) is 24.4 Å². The van der Waals surface area contributed by atoms with Gasteiger partial charge in [0, 0.05) is 25.4 Å². The van der Waals surface area contributed by atoms with Gasteiger partial charge in [-0.15, -0.1) is 10.2 Å². The number of rotatable bonds is 10. The molecule has 0 unspecified atom stereocenters. The standard InChI is InChI=1S/C23H30ClN7O6S/c1-13(19(35-2)20-25-9-14(24)10-26-20)38(33,34)11-17-29-30-21(15-7-5-6-8-16(15)32)31(17)18-22(36-3)27-12-28-23(18)37-4/h9-10,12-13,15-16,19,32H,5-8,11H2,1-4H3/t13-,15+,16-,19-/m0/s1. The maximum Gasteiger partial charge on any atom is 0.245 e. The molecule has 1 fully saturated rings. The first-order valence-corrected chi connectivity index (χ1v) is 14.1. The minimum atomic E-state index is -3.93. The van der Waals surface area contributed by atoms with E-state index < -0.39 is 33.0 Å². The predicted octanol–water partition coefficient (Wildman–Crippen LogP) is 2.23. The van der Waals surface area contributed by atoms with Crippen molar-refractivity contribution >= 4 is 21.4 Å². The van der Waals surface area contributed by atoms with Crippen LogP contribution in [-0.4, -0.2) is 80.9 Å². The van der Waals surface area contributed by atoms with Gasteiger partial charge in [0.1, 0.15) is 24.0 Å². The highest BCUT2D eigenvalue weighted by Gasteiger charge is 2.37. The third-order valence-corrected chi connectivity index (χ3v) is 8.89. The number of aliphatic hydroxyl groups excluding tert-OH is 1. The van der Waals surface area contributed by atoms with Gasteiger partial charge in [-0.2, -0.15) is 9.97 Å². The van der Waals surface area contributed by atoms with Crippen LogP contribution in [0.5, 0.6) is 11.8 Å². The first-order chi connectivity index (χ1) is 18.2. The van der Waals surface area contributed by atoms with E-state index in [0.29, 0.717) is 23.7 Å². The molecule has 0 bridgehead atoms. The molecule has 0 radical (unpaired) electrons. The molecule has 206 valence electrons. The van der Waals surface area contributed by atoms with Crippen molar-refractivity contribution in [2.75, 3.05) is 21.3 Å². The molecule has 0 saturated heterocycles. The average molecular weight is 568 g/mol. The summed E-state index contributed by atoms with van der Waals surface area (Å²) in [6, 6.07) is 0. The molecule has 4 rings (SSSR count). The van der Waals surface area contributed by atoms with Gasteiger partial charge in [0.15, 0.2) is 27.2 Å². The maximum atomic E-state index is 13.7. The van der Waals surface area contributed by atoms with Crippen LogP contribution >= 0.6 is 11.6 Å². The number of aliphatic hydroxyl groups is 1. The van der Waals surface area contributed by atoms with E-state index in [2.05, 4.69) is 30.1 Å². The zero-order valence-corrected chi connectivity index (χ0v) is 23.1. The number of nitrogens with zero attached hydrogens (tertiary/aromatic N) is 7. The molecular weight excluding hydrogens is 538 g/mol. The lowest BCUT2D eigenvalue weighted by Crippen LogP contribution is -2.30. The number of halogens is 1. The molecule has 1 saturated carbocycles. The summed E-state index contributed by atoms with van der Waals surface area (Å²) in [5.41, 5.74) is 0.248. The van der Waals surface area contributed by atoms with Crippen LogP contribution in [-0.2, 0) is 20.3 Å². The van der Waals surface area contributed by atoms with Crippen LogP contribution in [0.15, 0.2) is 18.7 Å². The third-order valence-electron chi connectivity index (χ3n) is 6.65. The van der Waals surface area contributed by atoms with E-state index >= 15 is 0 Å². The van der Waals surface area contributed by atoms with Crippen LogP contribution in [0.25, 0.3) is 5.69 Å². The molecule has 1 aliphatic rings. The van der Waals surface area contributed by atoms with Crippen LogP contribution in [0.1, 0.15) is 62.1 Å². The fraction of sp³-hybridized carbons (Fsp3) is 0.565. The number of ether oxygens (including phenoxy) is 3. The lowest BCUT2D eigenvalue weighted by Gasteiger charge is -2.28. The summed E-state index contributed by atoms with van der Waals surface area (Å²) < 4.78 is 45.3. The molecule has 1 aliphatic carbocycles. The number of aromatic nitrogens is 7. The van der Waals surface area contributed by atoms with Crippen LogP contribution < -0.4 is 9.47 Å². The summed E-state index contributed by atoms with van der Waals surface area (Å²) in [5, 5.41) is 18.7.